The Kier molecular flexibility index (Phi) is 5.43. The van der Waals surface area contributed by atoms with Gasteiger partial charge in [0.2, 0.25) is 0 Å². The van der Waals surface area contributed by atoms with Crippen LogP contribution in [0.15, 0.2) is 66.7 Å². The van der Waals surface area contributed by atoms with Crippen LogP contribution in [0.3, 0.4) is 0 Å². The molecule has 2 amide bonds. The SMILES string of the molecule is CC.O=C1c2cccc3cccc(c23)C(=O)N1OS(=O)(=O)Oc1ccccc1. The first-order valence-corrected chi connectivity index (χ1v) is 9.89. The molecule has 0 radical (unpaired) electrons. The Bertz CT molecular complexity index is 1090. The van der Waals surface area contributed by atoms with Crippen molar-refractivity contribution < 1.29 is 26.5 Å². The lowest BCUT2D eigenvalue weighted by atomic mass is 9.95. The number of para-hydroxylation sites is 1. The molecule has 7 nitrogen and oxygen atoms in total. The molecule has 0 fully saturated rings. The van der Waals surface area contributed by atoms with Gasteiger partial charge in [0.25, 0.3) is 11.8 Å². The molecule has 4 rings (SSSR count). The Hall–Kier alpha value is -3.23. The average Bonchev–Trinajstić information content (AvgIpc) is 2.71. The summed E-state index contributed by atoms with van der Waals surface area (Å²) in [7, 11) is -4.69. The van der Waals surface area contributed by atoms with Crippen molar-refractivity contribution >= 4 is 33.0 Å². The van der Waals surface area contributed by atoms with Crippen molar-refractivity contribution in [3.8, 4) is 5.75 Å². The second-order valence-electron chi connectivity index (χ2n) is 5.49. The minimum atomic E-state index is -4.69. The number of nitrogens with zero attached hydrogens (tertiary/aromatic N) is 1. The first-order chi connectivity index (χ1) is 13.5. The number of hydroxylamine groups is 2. The average molecular weight is 399 g/mol. The molecule has 0 aliphatic carbocycles. The maximum atomic E-state index is 12.6. The van der Waals surface area contributed by atoms with E-state index in [9.17, 15) is 18.0 Å². The van der Waals surface area contributed by atoms with Crippen LogP contribution in [0.4, 0.5) is 0 Å². The van der Waals surface area contributed by atoms with E-state index in [-0.39, 0.29) is 21.9 Å². The van der Waals surface area contributed by atoms with Gasteiger partial charge < -0.3 is 4.18 Å². The molecular formula is C20H17NO6S. The van der Waals surface area contributed by atoms with Gasteiger partial charge in [-0.1, -0.05) is 56.3 Å². The molecule has 0 saturated heterocycles. The fourth-order valence-corrected chi connectivity index (χ4v) is 3.47. The Balaban J connectivity index is 0.00000109. The predicted octanol–water partition coefficient (Wildman–Crippen LogP) is 3.72. The van der Waals surface area contributed by atoms with E-state index in [1.807, 2.05) is 13.8 Å². The Morgan fingerprint density at radius 1 is 0.750 bits per heavy atom. The molecule has 0 aromatic heterocycles. The van der Waals surface area contributed by atoms with Crippen LogP contribution in [0.2, 0.25) is 0 Å². The molecule has 28 heavy (non-hydrogen) atoms. The van der Waals surface area contributed by atoms with E-state index in [0.717, 1.165) is 0 Å². The monoisotopic (exact) mass is 399 g/mol. The molecule has 0 saturated carbocycles. The zero-order valence-electron chi connectivity index (χ0n) is 15.2. The molecular weight excluding hydrogens is 382 g/mol. The summed E-state index contributed by atoms with van der Waals surface area (Å²) >= 11 is 0. The third-order valence-electron chi connectivity index (χ3n) is 3.84. The van der Waals surface area contributed by atoms with Crippen molar-refractivity contribution in [3.05, 3.63) is 77.9 Å². The smallest absolute Gasteiger partial charge is 0.360 e. The third kappa shape index (κ3) is 3.60. The Morgan fingerprint density at radius 2 is 1.29 bits per heavy atom. The molecule has 0 atom stereocenters. The molecule has 144 valence electrons. The summed E-state index contributed by atoms with van der Waals surface area (Å²) in [5, 5.41) is 1.37. The number of rotatable bonds is 4. The molecule has 1 heterocycles. The fourth-order valence-electron chi connectivity index (χ4n) is 2.78. The number of amides is 2. The van der Waals surface area contributed by atoms with Crippen LogP contribution in [0.1, 0.15) is 34.6 Å². The van der Waals surface area contributed by atoms with Gasteiger partial charge in [-0.05, 0) is 29.7 Å². The normalized spacial score (nSPS) is 13.1. The summed E-state index contributed by atoms with van der Waals surface area (Å²) in [6, 6.07) is 17.4. The lowest BCUT2D eigenvalue weighted by Gasteiger charge is -2.24. The van der Waals surface area contributed by atoms with Crippen molar-refractivity contribution in [1.82, 2.24) is 5.06 Å². The zero-order chi connectivity index (χ0) is 20.3. The third-order valence-corrected chi connectivity index (χ3v) is 4.57. The summed E-state index contributed by atoms with van der Waals surface area (Å²) in [6.07, 6.45) is 0. The van der Waals surface area contributed by atoms with Crippen molar-refractivity contribution in [1.29, 1.82) is 0 Å². The summed E-state index contributed by atoms with van der Waals surface area (Å²) in [6.45, 7) is 4.00. The largest absolute Gasteiger partial charge is 0.471 e. The van der Waals surface area contributed by atoms with E-state index in [2.05, 4.69) is 4.28 Å². The van der Waals surface area contributed by atoms with E-state index in [0.29, 0.717) is 10.8 Å². The highest BCUT2D eigenvalue weighted by Gasteiger charge is 2.37. The molecule has 0 spiro atoms. The van der Waals surface area contributed by atoms with Crippen LogP contribution in [0, 0.1) is 0 Å². The Morgan fingerprint density at radius 3 is 1.82 bits per heavy atom. The predicted molar refractivity (Wildman–Crippen MR) is 103 cm³/mol. The molecule has 0 N–H and O–H groups in total. The number of carbonyl (C=O) groups is 2. The van der Waals surface area contributed by atoms with Crippen LogP contribution >= 0.6 is 0 Å². The van der Waals surface area contributed by atoms with E-state index < -0.39 is 22.2 Å². The van der Waals surface area contributed by atoms with E-state index in [1.165, 1.54) is 24.3 Å². The highest BCUT2D eigenvalue weighted by atomic mass is 32.3. The van der Waals surface area contributed by atoms with Crippen molar-refractivity contribution in [2.24, 2.45) is 0 Å². The number of imide groups is 1. The standard InChI is InChI=1S/C18H11NO6S.C2H6/c20-17-14-10-4-6-12-7-5-11-15(16(12)14)18(21)19(17)25-26(22,23)24-13-8-2-1-3-9-13;1-2/h1-11H;1-2H3. The van der Waals surface area contributed by atoms with Crippen LogP contribution in [-0.4, -0.2) is 25.3 Å². The number of carbonyl (C=O) groups excluding carboxylic acids is 2. The quantitative estimate of drug-likeness (QED) is 0.621. The van der Waals surface area contributed by atoms with Gasteiger partial charge >= 0.3 is 10.4 Å². The van der Waals surface area contributed by atoms with Crippen LogP contribution in [0.5, 0.6) is 5.75 Å². The second-order valence-corrected chi connectivity index (χ2v) is 6.63. The maximum Gasteiger partial charge on any atom is 0.471 e. The van der Waals surface area contributed by atoms with Gasteiger partial charge in [0.1, 0.15) is 5.75 Å². The highest BCUT2D eigenvalue weighted by Crippen LogP contribution is 2.30. The van der Waals surface area contributed by atoms with Gasteiger partial charge in [-0.2, -0.15) is 8.42 Å². The summed E-state index contributed by atoms with van der Waals surface area (Å²) < 4.78 is 33.7. The van der Waals surface area contributed by atoms with Crippen LogP contribution in [-0.2, 0) is 14.7 Å². The minimum absolute atomic E-state index is 0.00749. The molecule has 3 aromatic rings. The van der Waals surface area contributed by atoms with Gasteiger partial charge in [-0.3, -0.25) is 9.59 Å². The van der Waals surface area contributed by atoms with Gasteiger partial charge in [-0.15, -0.1) is 9.35 Å². The highest BCUT2D eigenvalue weighted by molar-refractivity contribution is 7.82. The molecule has 1 aliphatic heterocycles. The summed E-state index contributed by atoms with van der Waals surface area (Å²) in [5.74, 6) is -1.76. The van der Waals surface area contributed by atoms with Gasteiger partial charge in [0.05, 0.1) is 11.1 Å². The minimum Gasteiger partial charge on any atom is -0.360 e. The van der Waals surface area contributed by atoms with Gasteiger partial charge in [0.15, 0.2) is 0 Å². The topological polar surface area (TPSA) is 90.0 Å². The van der Waals surface area contributed by atoms with E-state index in [1.54, 1.807) is 42.5 Å². The summed E-state index contributed by atoms with van der Waals surface area (Å²) in [5.41, 5.74) is 0.347. The van der Waals surface area contributed by atoms with E-state index in [4.69, 9.17) is 4.18 Å². The van der Waals surface area contributed by atoms with Gasteiger partial charge in [-0.25, -0.2) is 0 Å². The van der Waals surface area contributed by atoms with Gasteiger partial charge in [0, 0.05) is 5.39 Å². The fraction of sp³-hybridized carbons (Fsp3) is 0.100. The van der Waals surface area contributed by atoms with Crippen molar-refractivity contribution in [2.75, 3.05) is 0 Å². The molecule has 1 aliphatic rings. The number of benzene rings is 3. The Labute approximate surface area is 162 Å². The first-order valence-electron chi connectivity index (χ1n) is 8.56. The van der Waals surface area contributed by atoms with Crippen molar-refractivity contribution in [2.45, 2.75) is 13.8 Å². The molecule has 3 aromatic carbocycles. The van der Waals surface area contributed by atoms with Crippen LogP contribution < -0.4 is 4.18 Å². The molecule has 0 unspecified atom stereocenters. The number of hydrogen-bond donors (Lipinski definition) is 0. The lowest BCUT2D eigenvalue weighted by Crippen LogP contribution is -2.42. The van der Waals surface area contributed by atoms with E-state index >= 15 is 0 Å². The second kappa shape index (κ2) is 7.79. The first kappa shape index (κ1) is 19.5. The van der Waals surface area contributed by atoms with Crippen molar-refractivity contribution in [3.63, 3.8) is 0 Å². The summed E-state index contributed by atoms with van der Waals surface area (Å²) in [4.78, 5) is 25.2. The number of hydrogen-bond acceptors (Lipinski definition) is 6. The molecule has 0 bridgehead atoms. The lowest BCUT2D eigenvalue weighted by molar-refractivity contribution is -0.0208. The van der Waals surface area contributed by atoms with Crippen LogP contribution in [0.25, 0.3) is 10.8 Å². The maximum absolute atomic E-state index is 12.6. The molecule has 8 heteroatoms. The zero-order valence-corrected chi connectivity index (χ0v) is 16.0.